The molecule has 2 N–H and O–H groups in total. The third-order valence-electron chi connectivity index (χ3n) is 3.45. The molecule has 8 heteroatoms. The largest absolute Gasteiger partial charge is 0.384 e. The van der Waals surface area contributed by atoms with Crippen LogP contribution in [0.15, 0.2) is 11.4 Å². The molecule has 1 saturated heterocycles. The van der Waals surface area contributed by atoms with Crippen LogP contribution >= 0.6 is 22.9 Å². The second-order valence-electron chi connectivity index (χ2n) is 5.02. The van der Waals surface area contributed by atoms with Crippen LogP contribution in [0.1, 0.15) is 18.0 Å². The number of halogens is 1. The summed E-state index contributed by atoms with van der Waals surface area (Å²) in [6, 6.07) is 1.58. The van der Waals surface area contributed by atoms with E-state index in [4.69, 9.17) is 17.3 Å². The second-order valence-corrected chi connectivity index (χ2v) is 8.50. The Balaban J connectivity index is 1.98. The van der Waals surface area contributed by atoms with Gasteiger partial charge in [-0.15, -0.1) is 11.3 Å². The molecule has 0 saturated carbocycles. The van der Waals surface area contributed by atoms with E-state index in [2.05, 4.69) is 5.10 Å². The summed E-state index contributed by atoms with van der Waals surface area (Å²) in [6.07, 6.45) is 0.560. The first-order valence-corrected chi connectivity index (χ1v) is 9.25. The highest BCUT2D eigenvalue weighted by atomic mass is 35.5. The minimum absolute atomic E-state index is 0.107. The maximum Gasteiger partial charge on any atom is 0.152 e. The molecule has 108 valence electrons. The van der Waals surface area contributed by atoms with Gasteiger partial charge in [-0.25, -0.2) is 13.1 Å². The van der Waals surface area contributed by atoms with Crippen LogP contribution in [0.4, 0.5) is 5.82 Å². The molecule has 0 aromatic carbocycles. The van der Waals surface area contributed by atoms with Gasteiger partial charge in [-0.1, -0.05) is 11.6 Å². The lowest BCUT2D eigenvalue weighted by molar-refractivity contribution is 0.508. The highest BCUT2D eigenvalue weighted by Gasteiger charge is 2.31. The van der Waals surface area contributed by atoms with Crippen LogP contribution in [0.2, 0.25) is 5.02 Å². The molecule has 1 aliphatic rings. The van der Waals surface area contributed by atoms with Crippen molar-refractivity contribution in [1.29, 1.82) is 0 Å². The summed E-state index contributed by atoms with van der Waals surface area (Å²) in [6.45, 7) is 1.94. The number of nitrogens with zero attached hydrogens (tertiary/aromatic N) is 2. The summed E-state index contributed by atoms with van der Waals surface area (Å²) in [5.74, 6) is 0.782. The van der Waals surface area contributed by atoms with Crippen LogP contribution in [0.25, 0.3) is 10.6 Å². The molecule has 20 heavy (non-hydrogen) atoms. The molecular formula is C12H14ClN3O2S2. The Morgan fingerprint density at radius 1 is 1.55 bits per heavy atom. The Bertz CT molecular complexity index is 764. The quantitative estimate of drug-likeness (QED) is 0.917. The fourth-order valence-electron chi connectivity index (χ4n) is 2.38. The van der Waals surface area contributed by atoms with Gasteiger partial charge in [0.2, 0.25) is 0 Å². The van der Waals surface area contributed by atoms with Crippen LogP contribution in [0.5, 0.6) is 0 Å². The summed E-state index contributed by atoms with van der Waals surface area (Å²) >= 11 is 7.75. The van der Waals surface area contributed by atoms with Crippen molar-refractivity contribution in [2.24, 2.45) is 0 Å². The molecular weight excluding hydrogens is 318 g/mol. The Morgan fingerprint density at radius 3 is 2.85 bits per heavy atom. The molecule has 2 aromatic rings. The van der Waals surface area contributed by atoms with Gasteiger partial charge in [-0.05, 0) is 24.3 Å². The molecule has 3 rings (SSSR count). The molecule has 0 aliphatic carbocycles. The molecule has 1 fully saturated rings. The van der Waals surface area contributed by atoms with Gasteiger partial charge >= 0.3 is 0 Å². The van der Waals surface area contributed by atoms with Crippen LogP contribution in [-0.2, 0) is 9.84 Å². The normalized spacial score (nSPS) is 21.4. The number of anilines is 1. The first kappa shape index (κ1) is 13.9. The fourth-order valence-corrected chi connectivity index (χ4v) is 5.32. The van der Waals surface area contributed by atoms with Crippen molar-refractivity contribution in [3.63, 3.8) is 0 Å². The number of thiophene rings is 1. The van der Waals surface area contributed by atoms with E-state index in [0.29, 0.717) is 23.0 Å². The maximum absolute atomic E-state index is 11.6. The molecule has 0 bridgehead atoms. The van der Waals surface area contributed by atoms with E-state index in [1.165, 1.54) is 11.3 Å². The number of aromatic nitrogens is 2. The first-order chi connectivity index (χ1) is 9.37. The minimum atomic E-state index is -2.96. The number of nitrogen functional groups attached to an aromatic ring is 1. The maximum atomic E-state index is 11.6. The van der Waals surface area contributed by atoms with E-state index in [1.54, 1.807) is 10.7 Å². The van der Waals surface area contributed by atoms with E-state index in [-0.39, 0.29) is 17.5 Å². The van der Waals surface area contributed by atoms with Crippen LogP contribution in [0, 0.1) is 6.92 Å². The lowest BCUT2D eigenvalue weighted by Gasteiger charge is -2.09. The summed E-state index contributed by atoms with van der Waals surface area (Å²) in [5, 5.41) is 7.10. The number of aryl methyl sites for hydroxylation is 1. The zero-order valence-corrected chi connectivity index (χ0v) is 13.2. The molecule has 5 nitrogen and oxygen atoms in total. The summed E-state index contributed by atoms with van der Waals surface area (Å²) in [7, 11) is -2.96. The van der Waals surface area contributed by atoms with Crippen molar-refractivity contribution < 1.29 is 8.42 Å². The van der Waals surface area contributed by atoms with Gasteiger partial charge in [0.1, 0.15) is 11.5 Å². The molecule has 0 spiro atoms. The highest BCUT2D eigenvalue weighted by molar-refractivity contribution is 7.91. The lowest BCUT2D eigenvalue weighted by atomic mass is 10.3. The van der Waals surface area contributed by atoms with E-state index in [1.807, 2.05) is 12.3 Å². The van der Waals surface area contributed by atoms with Gasteiger partial charge in [0.25, 0.3) is 0 Å². The fraction of sp³-hybridized carbons (Fsp3) is 0.417. The van der Waals surface area contributed by atoms with Crippen LogP contribution in [0.3, 0.4) is 0 Å². The average molecular weight is 332 g/mol. The topological polar surface area (TPSA) is 78.0 Å². The van der Waals surface area contributed by atoms with E-state index < -0.39 is 9.84 Å². The number of rotatable bonds is 2. The van der Waals surface area contributed by atoms with Gasteiger partial charge in [-0.2, -0.15) is 5.10 Å². The lowest BCUT2D eigenvalue weighted by Crippen LogP contribution is -2.14. The van der Waals surface area contributed by atoms with Crippen molar-refractivity contribution in [1.82, 2.24) is 9.78 Å². The molecule has 1 aliphatic heterocycles. The van der Waals surface area contributed by atoms with Crippen LogP contribution < -0.4 is 5.73 Å². The van der Waals surface area contributed by atoms with E-state index in [9.17, 15) is 8.42 Å². The van der Waals surface area contributed by atoms with Crippen molar-refractivity contribution in [2.75, 3.05) is 17.2 Å². The van der Waals surface area contributed by atoms with Gasteiger partial charge in [-0.3, -0.25) is 0 Å². The highest BCUT2D eigenvalue weighted by Crippen LogP contribution is 2.37. The third kappa shape index (κ3) is 2.34. The number of sulfone groups is 1. The van der Waals surface area contributed by atoms with Gasteiger partial charge in [0, 0.05) is 6.07 Å². The first-order valence-electron chi connectivity index (χ1n) is 6.17. The number of hydrogen-bond acceptors (Lipinski definition) is 5. The third-order valence-corrected chi connectivity index (χ3v) is 6.92. The Kier molecular flexibility index (Phi) is 3.30. The van der Waals surface area contributed by atoms with Gasteiger partial charge in [0.15, 0.2) is 9.84 Å². The monoisotopic (exact) mass is 331 g/mol. The Hall–Kier alpha value is -1.05. The number of nitrogens with two attached hydrogens (primary N) is 1. The van der Waals surface area contributed by atoms with Crippen molar-refractivity contribution in [3.05, 3.63) is 22.0 Å². The molecule has 1 atom stereocenters. The zero-order valence-electron chi connectivity index (χ0n) is 10.8. The Labute approximate surface area is 126 Å². The second kappa shape index (κ2) is 4.75. The van der Waals surface area contributed by atoms with E-state index in [0.717, 1.165) is 10.4 Å². The predicted molar refractivity (Wildman–Crippen MR) is 82.0 cm³/mol. The molecule has 2 aromatic heterocycles. The van der Waals surface area contributed by atoms with Gasteiger partial charge in [0.05, 0.1) is 27.4 Å². The van der Waals surface area contributed by atoms with Crippen molar-refractivity contribution in [3.8, 4) is 10.6 Å². The predicted octanol–water partition coefficient (Wildman–Crippen LogP) is 2.52. The smallest absolute Gasteiger partial charge is 0.152 e. The van der Waals surface area contributed by atoms with Crippen LogP contribution in [-0.4, -0.2) is 29.7 Å². The minimum Gasteiger partial charge on any atom is -0.384 e. The standard InChI is InChI=1S/C12H14ClN3O2S2/c1-7-5-19-12(11(7)13)9-4-10(14)16(15-9)8-2-3-20(17,18)6-8/h4-5,8H,2-3,6,14H2,1H3. The summed E-state index contributed by atoms with van der Waals surface area (Å²) in [4.78, 5) is 0.871. The van der Waals surface area contributed by atoms with E-state index >= 15 is 0 Å². The SMILES string of the molecule is Cc1csc(-c2cc(N)n(C3CCS(=O)(=O)C3)n2)c1Cl. The molecule has 0 radical (unpaired) electrons. The van der Waals surface area contributed by atoms with Crippen molar-refractivity contribution >= 4 is 38.6 Å². The average Bonchev–Trinajstić information content (AvgIpc) is 3.00. The van der Waals surface area contributed by atoms with Gasteiger partial charge < -0.3 is 5.73 Å². The summed E-state index contributed by atoms with van der Waals surface area (Å²) in [5.41, 5.74) is 7.68. The zero-order chi connectivity index (χ0) is 14.5. The number of hydrogen-bond donors (Lipinski definition) is 1. The molecule has 1 unspecified atom stereocenters. The Morgan fingerprint density at radius 2 is 2.30 bits per heavy atom. The molecule has 3 heterocycles. The van der Waals surface area contributed by atoms with Crippen molar-refractivity contribution in [2.45, 2.75) is 19.4 Å². The molecule has 0 amide bonds. The summed E-state index contributed by atoms with van der Waals surface area (Å²) < 4.78 is 24.7.